The second kappa shape index (κ2) is 7.80. The fourth-order valence-electron chi connectivity index (χ4n) is 3.72. The second-order valence-corrected chi connectivity index (χ2v) is 8.19. The molecule has 0 amide bonds. The summed E-state index contributed by atoms with van der Waals surface area (Å²) >= 11 is 1.34. The summed E-state index contributed by atoms with van der Waals surface area (Å²) in [6.45, 7) is 2.01. The molecule has 0 spiro atoms. The third kappa shape index (κ3) is 3.74. The lowest BCUT2D eigenvalue weighted by Gasteiger charge is -2.16. The molecule has 0 unspecified atom stereocenters. The van der Waals surface area contributed by atoms with Gasteiger partial charge < -0.3 is 9.47 Å². The van der Waals surface area contributed by atoms with Gasteiger partial charge in [-0.3, -0.25) is 9.17 Å². The van der Waals surface area contributed by atoms with Crippen LogP contribution in [0.4, 0.5) is 0 Å². The Balaban J connectivity index is 1.33. The predicted molar refractivity (Wildman–Crippen MR) is 118 cm³/mol. The monoisotopic (exact) mass is 416 g/mol. The van der Waals surface area contributed by atoms with Gasteiger partial charge in [-0.1, -0.05) is 29.7 Å². The summed E-state index contributed by atoms with van der Waals surface area (Å²) in [6, 6.07) is 19.4. The van der Waals surface area contributed by atoms with Crippen molar-refractivity contribution in [3.8, 4) is 27.8 Å². The lowest BCUT2D eigenvalue weighted by Crippen LogP contribution is -2.03. The van der Waals surface area contributed by atoms with Crippen LogP contribution in [0.15, 0.2) is 71.7 Å². The third-order valence-corrected chi connectivity index (χ3v) is 6.09. The van der Waals surface area contributed by atoms with E-state index in [9.17, 15) is 4.79 Å². The van der Waals surface area contributed by atoms with Gasteiger partial charge in [0, 0.05) is 23.9 Å². The number of aromatic nitrogens is 2. The van der Waals surface area contributed by atoms with Gasteiger partial charge >= 0.3 is 0 Å². The summed E-state index contributed by atoms with van der Waals surface area (Å²) in [5.74, 6) is 2.25. The summed E-state index contributed by atoms with van der Waals surface area (Å²) in [5.41, 5.74) is 4.37. The molecule has 30 heavy (non-hydrogen) atoms. The van der Waals surface area contributed by atoms with E-state index in [0.717, 1.165) is 45.9 Å². The topological polar surface area (TPSA) is 64.2 Å². The van der Waals surface area contributed by atoms with Crippen LogP contribution in [0.2, 0.25) is 0 Å². The zero-order chi connectivity index (χ0) is 20.5. The molecule has 6 heteroatoms. The van der Waals surface area contributed by atoms with Gasteiger partial charge in [0.05, 0.1) is 4.88 Å². The number of aryl methyl sites for hydroxylation is 1. The van der Waals surface area contributed by atoms with Crippen LogP contribution in [0.1, 0.15) is 29.2 Å². The van der Waals surface area contributed by atoms with Crippen molar-refractivity contribution in [3.63, 3.8) is 0 Å². The number of hydrogen-bond acceptors (Lipinski definition) is 5. The minimum atomic E-state index is -0.0725. The number of ether oxygens (including phenoxy) is 2. The van der Waals surface area contributed by atoms with E-state index >= 15 is 0 Å². The van der Waals surface area contributed by atoms with Gasteiger partial charge in [0.1, 0.15) is 17.6 Å². The molecule has 0 saturated heterocycles. The number of nitrogens with zero attached hydrogens (tertiary/aromatic N) is 1. The van der Waals surface area contributed by atoms with Crippen LogP contribution < -0.4 is 15.0 Å². The van der Waals surface area contributed by atoms with Crippen LogP contribution in [0.3, 0.4) is 0 Å². The number of pyridine rings is 1. The van der Waals surface area contributed by atoms with Crippen molar-refractivity contribution in [2.45, 2.75) is 25.9 Å². The van der Waals surface area contributed by atoms with Crippen LogP contribution in [-0.4, -0.2) is 9.36 Å². The number of rotatable bonds is 5. The zero-order valence-corrected chi connectivity index (χ0v) is 17.2. The smallest absolute Gasteiger partial charge is 0.258 e. The second-order valence-electron chi connectivity index (χ2n) is 7.35. The molecular weight excluding hydrogens is 396 g/mol. The number of H-pyrrole nitrogens is 1. The van der Waals surface area contributed by atoms with Crippen molar-refractivity contribution in [2.75, 3.05) is 0 Å². The fraction of sp³-hybridized carbons (Fsp3) is 0.167. The van der Waals surface area contributed by atoms with Crippen LogP contribution in [0.5, 0.6) is 17.4 Å². The van der Waals surface area contributed by atoms with E-state index in [-0.39, 0.29) is 11.7 Å². The minimum Gasteiger partial charge on any atom is -0.486 e. The molecule has 1 aliphatic carbocycles. The number of aromatic amines is 1. The van der Waals surface area contributed by atoms with Crippen molar-refractivity contribution in [3.05, 3.63) is 93.9 Å². The maximum absolute atomic E-state index is 11.4. The average Bonchev–Trinajstić information content (AvgIpc) is 3.38. The molecule has 150 valence electrons. The molecular formula is C24H20N2O3S. The fourth-order valence-corrected chi connectivity index (χ4v) is 4.40. The first-order valence-electron chi connectivity index (χ1n) is 9.83. The zero-order valence-electron chi connectivity index (χ0n) is 16.4. The minimum absolute atomic E-state index is 0.0105. The van der Waals surface area contributed by atoms with Crippen molar-refractivity contribution < 1.29 is 9.47 Å². The lowest BCUT2D eigenvalue weighted by atomic mass is 10.1. The number of hydrogen-bond donors (Lipinski definition) is 1. The van der Waals surface area contributed by atoms with E-state index in [1.165, 1.54) is 17.1 Å². The van der Waals surface area contributed by atoms with Crippen LogP contribution >= 0.6 is 11.5 Å². The van der Waals surface area contributed by atoms with Crippen LogP contribution in [0, 0.1) is 6.92 Å². The number of fused-ring (bicyclic) bond motifs is 1. The molecule has 0 bridgehead atoms. The van der Waals surface area contributed by atoms with Gasteiger partial charge in [-0.25, -0.2) is 4.98 Å². The molecule has 0 saturated carbocycles. The van der Waals surface area contributed by atoms with Crippen molar-refractivity contribution in [1.29, 1.82) is 0 Å². The molecule has 0 fully saturated rings. The Morgan fingerprint density at radius 3 is 2.70 bits per heavy atom. The third-order valence-electron chi connectivity index (χ3n) is 5.21. The Hall–Kier alpha value is -3.38. The molecule has 5 rings (SSSR count). The molecule has 5 nitrogen and oxygen atoms in total. The first-order chi connectivity index (χ1) is 14.7. The normalized spacial score (nSPS) is 15.0. The largest absolute Gasteiger partial charge is 0.486 e. The van der Waals surface area contributed by atoms with Crippen molar-refractivity contribution in [1.82, 2.24) is 9.36 Å². The summed E-state index contributed by atoms with van der Waals surface area (Å²) in [5, 5.41) is 0. The Kier molecular flexibility index (Phi) is 4.85. The quantitative estimate of drug-likeness (QED) is 0.456. The van der Waals surface area contributed by atoms with Crippen molar-refractivity contribution in [2.24, 2.45) is 0 Å². The molecule has 2 aromatic heterocycles. The average molecular weight is 417 g/mol. The standard InChI is InChI=1S/C24H20N2O3S/c1-15-5-12-24(25-14-15)29-20-4-2-3-18-19(20)10-11-21(18)28-17-8-6-16(7-9-17)22-13-23(27)26-30-22/h2-9,12-14,21H,10-11H2,1H3,(H,26,27)/t21-/m1/s1. The Morgan fingerprint density at radius 1 is 1.10 bits per heavy atom. The van der Waals surface area contributed by atoms with Gasteiger partial charge in [0.15, 0.2) is 0 Å². The highest BCUT2D eigenvalue weighted by molar-refractivity contribution is 7.09. The van der Waals surface area contributed by atoms with Crippen molar-refractivity contribution >= 4 is 11.5 Å². The lowest BCUT2D eigenvalue weighted by molar-refractivity contribution is 0.207. The van der Waals surface area contributed by atoms with Crippen LogP contribution in [0.25, 0.3) is 10.4 Å². The Morgan fingerprint density at radius 2 is 1.97 bits per heavy atom. The van der Waals surface area contributed by atoms with E-state index in [1.807, 2.05) is 55.5 Å². The first kappa shape index (κ1) is 18.6. The van der Waals surface area contributed by atoms with E-state index < -0.39 is 0 Å². The highest BCUT2D eigenvalue weighted by atomic mass is 32.1. The van der Waals surface area contributed by atoms with E-state index in [2.05, 4.69) is 15.4 Å². The SMILES string of the molecule is Cc1ccc(Oc2cccc3c2CC[C@H]3Oc2ccc(-c3cc(=O)[nH]s3)cc2)nc1. The maximum Gasteiger partial charge on any atom is 0.258 e. The van der Waals surface area contributed by atoms with Gasteiger partial charge in [-0.15, -0.1) is 0 Å². The van der Waals surface area contributed by atoms with E-state index in [0.29, 0.717) is 5.88 Å². The summed E-state index contributed by atoms with van der Waals surface area (Å²) in [7, 11) is 0. The molecule has 0 aliphatic heterocycles. The molecule has 1 atom stereocenters. The Labute approximate surface area is 178 Å². The predicted octanol–water partition coefficient (Wildman–Crippen LogP) is 5.67. The number of benzene rings is 2. The number of nitrogens with one attached hydrogen (secondary N) is 1. The molecule has 2 aromatic carbocycles. The van der Waals surface area contributed by atoms with E-state index in [1.54, 1.807) is 12.3 Å². The highest BCUT2D eigenvalue weighted by Crippen LogP contribution is 2.40. The molecule has 4 aromatic rings. The molecule has 1 aliphatic rings. The molecule has 1 N–H and O–H groups in total. The van der Waals surface area contributed by atoms with Gasteiger partial charge in [0.2, 0.25) is 5.88 Å². The summed E-state index contributed by atoms with van der Waals surface area (Å²) in [4.78, 5) is 16.6. The van der Waals surface area contributed by atoms with Gasteiger partial charge in [0.25, 0.3) is 5.56 Å². The molecule has 0 radical (unpaired) electrons. The maximum atomic E-state index is 11.4. The first-order valence-corrected chi connectivity index (χ1v) is 10.7. The molecule has 2 heterocycles. The summed E-state index contributed by atoms with van der Waals surface area (Å²) < 4.78 is 15.0. The van der Waals surface area contributed by atoms with Gasteiger partial charge in [-0.05, 0) is 66.8 Å². The van der Waals surface area contributed by atoms with Gasteiger partial charge in [-0.2, -0.15) is 0 Å². The van der Waals surface area contributed by atoms with E-state index in [4.69, 9.17) is 9.47 Å². The summed E-state index contributed by atoms with van der Waals surface area (Å²) in [6.07, 6.45) is 3.60. The Bertz CT molecular complexity index is 1230. The van der Waals surface area contributed by atoms with Crippen LogP contribution in [-0.2, 0) is 6.42 Å². The highest BCUT2D eigenvalue weighted by Gasteiger charge is 2.27.